The van der Waals surface area contributed by atoms with Crippen LogP contribution < -0.4 is 5.32 Å². The summed E-state index contributed by atoms with van der Waals surface area (Å²) >= 11 is 0. The second-order valence-corrected chi connectivity index (χ2v) is 7.32. The Kier molecular flexibility index (Phi) is 4.84. The summed E-state index contributed by atoms with van der Waals surface area (Å²) in [6.45, 7) is 8.98. The fourth-order valence-electron chi connectivity index (χ4n) is 2.54. The predicted octanol–water partition coefficient (Wildman–Crippen LogP) is 3.58. The van der Waals surface area contributed by atoms with Gasteiger partial charge in [-0.15, -0.1) is 0 Å². The molecule has 0 spiro atoms. The first-order chi connectivity index (χ1) is 12.3. The Labute approximate surface area is 153 Å². The molecule has 0 radical (unpaired) electrons. The molecular weight excluding hydrogens is 326 g/mol. The molecule has 1 aromatic carbocycles. The van der Waals surface area contributed by atoms with Gasteiger partial charge in [-0.3, -0.25) is 9.78 Å². The number of nitrogens with zero attached hydrogens (tertiary/aromatic N) is 4. The van der Waals surface area contributed by atoms with Crippen LogP contribution in [0.2, 0.25) is 0 Å². The van der Waals surface area contributed by atoms with Gasteiger partial charge in [-0.2, -0.15) is 5.10 Å². The van der Waals surface area contributed by atoms with Crippen LogP contribution in [0.4, 0.5) is 5.82 Å². The summed E-state index contributed by atoms with van der Waals surface area (Å²) in [5.41, 5.74) is 3.57. The van der Waals surface area contributed by atoms with Crippen molar-refractivity contribution in [2.24, 2.45) is 0 Å². The molecule has 0 fully saturated rings. The molecule has 26 heavy (non-hydrogen) atoms. The first-order valence-electron chi connectivity index (χ1n) is 8.54. The standard InChI is InChI=1S/C20H23N5O/c1-14-11-22-17(12-21-14)19(26)24-18-9-10-23-25(18)13-15-5-7-16(8-6-15)20(2,3)4/h5-12H,13H2,1-4H3,(H,24,26). The molecule has 3 aromatic rings. The summed E-state index contributed by atoms with van der Waals surface area (Å²) in [5.74, 6) is 0.319. The van der Waals surface area contributed by atoms with Crippen LogP contribution in [0.3, 0.4) is 0 Å². The van der Waals surface area contributed by atoms with E-state index in [0.717, 1.165) is 11.3 Å². The topological polar surface area (TPSA) is 72.7 Å². The van der Waals surface area contributed by atoms with E-state index in [2.05, 4.69) is 65.4 Å². The Morgan fingerprint density at radius 2 is 1.81 bits per heavy atom. The van der Waals surface area contributed by atoms with E-state index in [4.69, 9.17) is 0 Å². The third kappa shape index (κ3) is 4.14. The molecule has 0 aliphatic rings. The van der Waals surface area contributed by atoms with Crippen molar-refractivity contribution in [1.82, 2.24) is 19.7 Å². The number of amides is 1. The number of rotatable bonds is 4. The minimum Gasteiger partial charge on any atom is -0.305 e. The van der Waals surface area contributed by atoms with E-state index in [0.29, 0.717) is 12.4 Å². The lowest BCUT2D eigenvalue weighted by molar-refractivity contribution is 0.102. The number of carbonyl (C=O) groups excluding carboxylic acids is 1. The lowest BCUT2D eigenvalue weighted by Gasteiger charge is -2.19. The molecule has 3 rings (SSSR count). The Hall–Kier alpha value is -3.02. The summed E-state index contributed by atoms with van der Waals surface area (Å²) in [5, 5.41) is 7.15. The van der Waals surface area contributed by atoms with E-state index in [1.807, 2.05) is 6.92 Å². The molecule has 6 heteroatoms. The summed E-state index contributed by atoms with van der Waals surface area (Å²) < 4.78 is 1.76. The minimum atomic E-state index is -0.303. The Bertz CT molecular complexity index is 889. The van der Waals surface area contributed by atoms with Crippen molar-refractivity contribution >= 4 is 11.7 Å². The highest BCUT2D eigenvalue weighted by atomic mass is 16.2. The van der Waals surface area contributed by atoms with Crippen LogP contribution in [0.5, 0.6) is 0 Å². The first kappa shape index (κ1) is 17.8. The zero-order valence-electron chi connectivity index (χ0n) is 15.5. The first-order valence-corrected chi connectivity index (χ1v) is 8.54. The van der Waals surface area contributed by atoms with Gasteiger partial charge >= 0.3 is 0 Å². The summed E-state index contributed by atoms with van der Waals surface area (Å²) in [4.78, 5) is 20.5. The normalized spacial score (nSPS) is 11.4. The van der Waals surface area contributed by atoms with Crippen LogP contribution in [0.1, 0.15) is 48.1 Å². The number of carbonyl (C=O) groups is 1. The monoisotopic (exact) mass is 349 g/mol. The molecule has 0 saturated carbocycles. The SMILES string of the molecule is Cc1cnc(C(=O)Nc2ccnn2Cc2ccc(C(C)(C)C)cc2)cn1. The second kappa shape index (κ2) is 7.07. The van der Waals surface area contributed by atoms with Crippen molar-refractivity contribution in [2.75, 3.05) is 5.32 Å². The van der Waals surface area contributed by atoms with E-state index in [1.54, 1.807) is 23.1 Å². The van der Waals surface area contributed by atoms with Gasteiger partial charge in [0.05, 0.1) is 24.6 Å². The van der Waals surface area contributed by atoms with Crippen LogP contribution in [-0.4, -0.2) is 25.7 Å². The number of aryl methyl sites for hydroxylation is 1. The van der Waals surface area contributed by atoms with Crippen molar-refractivity contribution in [1.29, 1.82) is 0 Å². The van der Waals surface area contributed by atoms with Gasteiger partial charge in [-0.1, -0.05) is 45.0 Å². The fourth-order valence-corrected chi connectivity index (χ4v) is 2.54. The lowest BCUT2D eigenvalue weighted by atomic mass is 9.87. The van der Waals surface area contributed by atoms with Gasteiger partial charge in [0, 0.05) is 12.3 Å². The molecule has 0 unspecified atom stereocenters. The average Bonchev–Trinajstić information content (AvgIpc) is 3.02. The van der Waals surface area contributed by atoms with Crippen LogP contribution >= 0.6 is 0 Å². The van der Waals surface area contributed by atoms with Gasteiger partial charge in [0.15, 0.2) is 0 Å². The number of nitrogens with one attached hydrogen (secondary N) is 1. The van der Waals surface area contributed by atoms with Crippen molar-refractivity contribution < 1.29 is 4.79 Å². The van der Waals surface area contributed by atoms with Gasteiger partial charge < -0.3 is 5.32 Å². The molecule has 2 heterocycles. The van der Waals surface area contributed by atoms with Crippen LogP contribution in [-0.2, 0) is 12.0 Å². The van der Waals surface area contributed by atoms with Gasteiger partial charge in [-0.05, 0) is 23.5 Å². The zero-order valence-corrected chi connectivity index (χ0v) is 15.5. The van der Waals surface area contributed by atoms with Gasteiger partial charge in [0.2, 0.25) is 0 Å². The van der Waals surface area contributed by atoms with E-state index in [9.17, 15) is 4.79 Å². The number of benzene rings is 1. The maximum Gasteiger partial charge on any atom is 0.277 e. The van der Waals surface area contributed by atoms with Crippen molar-refractivity contribution in [2.45, 2.75) is 39.7 Å². The highest BCUT2D eigenvalue weighted by molar-refractivity contribution is 6.02. The smallest absolute Gasteiger partial charge is 0.277 e. The third-order valence-electron chi connectivity index (χ3n) is 4.12. The van der Waals surface area contributed by atoms with E-state index >= 15 is 0 Å². The molecule has 2 aromatic heterocycles. The summed E-state index contributed by atoms with van der Waals surface area (Å²) in [7, 11) is 0. The molecule has 1 N–H and O–H groups in total. The van der Waals surface area contributed by atoms with Crippen LogP contribution in [0, 0.1) is 6.92 Å². The van der Waals surface area contributed by atoms with Crippen molar-refractivity contribution in [3.05, 3.63) is 71.4 Å². The zero-order chi connectivity index (χ0) is 18.7. The number of anilines is 1. The molecule has 0 bridgehead atoms. The second-order valence-electron chi connectivity index (χ2n) is 7.32. The average molecular weight is 349 g/mol. The highest BCUT2D eigenvalue weighted by Crippen LogP contribution is 2.22. The molecule has 0 aliphatic heterocycles. The van der Waals surface area contributed by atoms with Gasteiger partial charge in [0.1, 0.15) is 11.5 Å². The van der Waals surface area contributed by atoms with Crippen LogP contribution in [0.15, 0.2) is 48.9 Å². The molecule has 6 nitrogen and oxygen atoms in total. The number of hydrogen-bond acceptors (Lipinski definition) is 4. The molecule has 134 valence electrons. The quantitative estimate of drug-likeness (QED) is 0.781. The molecular formula is C20H23N5O. The van der Waals surface area contributed by atoms with Gasteiger partial charge in [-0.25, -0.2) is 9.67 Å². The largest absolute Gasteiger partial charge is 0.305 e. The maximum absolute atomic E-state index is 12.3. The Morgan fingerprint density at radius 3 is 2.42 bits per heavy atom. The maximum atomic E-state index is 12.3. The fraction of sp³-hybridized carbons (Fsp3) is 0.300. The van der Waals surface area contributed by atoms with E-state index in [-0.39, 0.29) is 17.0 Å². The summed E-state index contributed by atoms with van der Waals surface area (Å²) in [6.07, 6.45) is 4.71. The van der Waals surface area contributed by atoms with E-state index < -0.39 is 0 Å². The number of hydrogen-bond donors (Lipinski definition) is 1. The molecule has 0 atom stereocenters. The summed E-state index contributed by atoms with van der Waals surface area (Å²) in [6, 6.07) is 10.2. The van der Waals surface area contributed by atoms with E-state index in [1.165, 1.54) is 11.8 Å². The number of aromatic nitrogens is 4. The van der Waals surface area contributed by atoms with Crippen molar-refractivity contribution in [3.8, 4) is 0 Å². The lowest BCUT2D eigenvalue weighted by Crippen LogP contribution is -2.17. The van der Waals surface area contributed by atoms with Gasteiger partial charge in [0.25, 0.3) is 5.91 Å². The molecule has 0 saturated heterocycles. The molecule has 1 amide bonds. The third-order valence-corrected chi connectivity index (χ3v) is 4.12. The van der Waals surface area contributed by atoms with Crippen molar-refractivity contribution in [3.63, 3.8) is 0 Å². The van der Waals surface area contributed by atoms with Crippen LogP contribution in [0.25, 0.3) is 0 Å². The minimum absolute atomic E-state index is 0.123. The highest BCUT2D eigenvalue weighted by Gasteiger charge is 2.14. The Balaban J connectivity index is 1.72. The Morgan fingerprint density at radius 1 is 1.08 bits per heavy atom. The predicted molar refractivity (Wildman–Crippen MR) is 101 cm³/mol. The molecule has 0 aliphatic carbocycles.